The number of fused-ring (bicyclic) bond motifs is 3. The Kier molecular flexibility index (Phi) is 6.35. The van der Waals surface area contributed by atoms with Crippen LogP contribution in [0.2, 0.25) is 0 Å². The van der Waals surface area contributed by atoms with E-state index in [9.17, 15) is 39.9 Å². The number of aromatic hydroxyl groups is 2. The summed E-state index contributed by atoms with van der Waals surface area (Å²) in [7, 11) is 0. The van der Waals surface area contributed by atoms with E-state index in [1.807, 2.05) is 0 Å². The summed E-state index contributed by atoms with van der Waals surface area (Å²) in [6, 6.07) is 0. The lowest BCUT2D eigenvalue weighted by molar-refractivity contribution is -0.311. The van der Waals surface area contributed by atoms with Crippen LogP contribution in [0.25, 0.3) is 5.76 Å². The summed E-state index contributed by atoms with van der Waals surface area (Å²) in [5.41, 5.74) is -4.11. The van der Waals surface area contributed by atoms with Gasteiger partial charge in [0.25, 0.3) is 0 Å². The van der Waals surface area contributed by atoms with Crippen molar-refractivity contribution < 1.29 is 59.2 Å². The average molecular weight is 532 g/mol. The summed E-state index contributed by atoms with van der Waals surface area (Å²) in [6.07, 6.45) is -2.53. The fraction of sp³-hybridized carbons (Fsp3) is 0.500. The number of carboxylic acid groups (broad SMARTS) is 1. The second kappa shape index (κ2) is 9.17. The van der Waals surface area contributed by atoms with Crippen molar-refractivity contribution in [3.05, 3.63) is 40.0 Å². The minimum absolute atomic E-state index is 0.0269. The molecule has 7 atom stereocenters. The number of hydrogen-bond donors (Lipinski definition) is 6. The predicted molar refractivity (Wildman–Crippen MR) is 126 cm³/mol. The SMILES string of the molecule is C[C@@H]1O[C@H](O[C@@H]2C[C@H]3O[C@@H](C)[C@]2(O)c2c(O)c4c(c(O)c23)C(O)=C(/C=C/CC(=O)O)C(=O)C4=O)CC[C@H]1O. The van der Waals surface area contributed by atoms with Crippen LogP contribution in [0.1, 0.15) is 72.7 Å². The van der Waals surface area contributed by atoms with E-state index in [0.29, 0.717) is 12.8 Å². The van der Waals surface area contributed by atoms with Crippen molar-refractivity contribution in [3.8, 4) is 11.5 Å². The molecule has 1 aromatic rings. The minimum Gasteiger partial charge on any atom is -0.507 e. The molecule has 38 heavy (non-hydrogen) atoms. The van der Waals surface area contributed by atoms with Gasteiger partial charge in [-0.25, -0.2) is 0 Å². The van der Waals surface area contributed by atoms with Crippen LogP contribution in [0, 0.1) is 0 Å². The number of carbonyl (C=O) groups excluding carboxylic acids is 2. The fourth-order valence-electron chi connectivity index (χ4n) is 5.80. The van der Waals surface area contributed by atoms with Gasteiger partial charge in [-0.3, -0.25) is 14.4 Å². The molecule has 2 bridgehead atoms. The van der Waals surface area contributed by atoms with Crippen molar-refractivity contribution in [1.82, 2.24) is 0 Å². The van der Waals surface area contributed by atoms with Crippen LogP contribution >= 0.6 is 0 Å². The molecule has 2 aliphatic carbocycles. The molecule has 204 valence electrons. The van der Waals surface area contributed by atoms with Gasteiger partial charge in [-0.1, -0.05) is 12.2 Å². The summed E-state index contributed by atoms with van der Waals surface area (Å²) in [6.45, 7) is 3.22. The molecule has 12 nitrogen and oxygen atoms in total. The van der Waals surface area contributed by atoms with E-state index in [1.54, 1.807) is 6.92 Å². The standard InChI is InChI=1S/C26H28O12/c1-9-12(27)6-7-16(36-9)38-14-8-13-17-20(26(14,35)10(2)37-13)24(33)19-18(23(17)32)21(30)11(22(31)25(19)34)4-3-5-15(28)29/h3-4,9-10,12-14,16,27,30,32-33,35H,5-8H2,1-2H3,(H,28,29)/b4-3+/t9-,10-,12+,13+,14+,16+,26+/m0/s1. The number of allylic oxidation sites excluding steroid dienone is 2. The topological polar surface area (TPSA) is 200 Å². The van der Waals surface area contributed by atoms with E-state index in [-0.39, 0.29) is 17.5 Å². The molecular weight excluding hydrogens is 504 g/mol. The number of hydrogen-bond acceptors (Lipinski definition) is 11. The number of aliphatic carboxylic acids is 1. The highest BCUT2D eigenvalue weighted by Crippen LogP contribution is 2.60. The molecule has 3 aliphatic heterocycles. The van der Waals surface area contributed by atoms with Gasteiger partial charge in [0, 0.05) is 24.0 Å². The number of Topliss-reactive ketones (excluding diaryl/α,β-unsaturated/α-hetero) is 2. The number of phenols is 2. The number of rotatable bonds is 5. The smallest absolute Gasteiger partial charge is 0.307 e. The lowest BCUT2D eigenvalue weighted by Gasteiger charge is -2.54. The molecule has 3 heterocycles. The van der Waals surface area contributed by atoms with Crippen molar-refractivity contribution in [1.29, 1.82) is 0 Å². The number of ketones is 2. The summed E-state index contributed by atoms with van der Waals surface area (Å²) >= 11 is 0. The van der Waals surface area contributed by atoms with Gasteiger partial charge in [-0.2, -0.15) is 0 Å². The first-order valence-corrected chi connectivity index (χ1v) is 12.3. The van der Waals surface area contributed by atoms with Crippen molar-refractivity contribution in [2.45, 2.75) is 81.9 Å². The maximum absolute atomic E-state index is 13.1. The van der Waals surface area contributed by atoms with E-state index < -0.39 is 100 Å². The van der Waals surface area contributed by atoms with Gasteiger partial charge in [0.15, 0.2) is 6.29 Å². The van der Waals surface area contributed by atoms with Gasteiger partial charge in [-0.15, -0.1) is 0 Å². The third-order valence-electron chi connectivity index (χ3n) is 7.78. The Morgan fingerprint density at radius 1 is 1.08 bits per heavy atom. The Balaban J connectivity index is 1.62. The second-order valence-corrected chi connectivity index (χ2v) is 10.0. The zero-order valence-electron chi connectivity index (χ0n) is 20.6. The molecule has 1 aromatic carbocycles. The molecule has 2 saturated heterocycles. The largest absolute Gasteiger partial charge is 0.507 e. The number of carbonyl (C=O) groups is 3. The van der Waals surface area contributed by atoms with Crippen molar-refractivity contribution in [2.24, 2.45) is 0 Å². The van der Waals surface area contributed by atoms with Gasteiger partial charge >= 0.3 is 5.97 Å². The Hall–Kier alpha value is -3.29. The molecule has 0 amide bonds. The minimum atomic E-state index is -2.08. The Bertz CT molecular complexity index is 1300. The number of aliphatic hydroxyl groups excluding tert-OH is 2. The van der Waals surface area contributed by atoms with E-state index in [1.165, 1.54) is 6.92 Å². The molecule has 12 heteroatoms. The number of carboxylic acids is 1. The molecule has 0 unspecified atom stereocenters. The van der Waals surface area contributed by atoms with Gasteiger partial charge in [0.05, 0.1) is 53.6 Å². The van der Waals surface area contributed by atoms with Gasteiger partial charge in [-0.05, 0) is 20.3 Å². The van der Waals surface area contributed by atoms with E-state index >= 15 is 0 Å². The van der Waals surface area contributed by atoms with Gasteiger partial charge in [0.1, 0.15) is 22.9 Å². The monoisotopic (exact) mass is 532 g/mol. The molecule has 2 fully saturated rings. The molecule has 0 spiro atoms. The molecule has 0 aromatic heterocycles. The molecule has 0 radical (unpaired) electrons. The summed E-state index contributed by atoms with van der Waals surface area (Å²) in [4.78, 5) is 36.7. The Morgan fingerprint density at radius 2 is 1.79 bits per heavy atom. The zero-order chi connectivity index (χ0) is 27.7. The van der Waals surface area contributed by atoms with Crippen LogP contribution in [0.5, 0.6) is 11.5 Å². The highest BCUT2D eigenvalue weighted by atomic mass is 16.7. The van der Waals surface area contributed by atoms with E-state index in [2.05, 4.69) is 0 Å². The van der Waals surface area contributed by atoms with Crippen molar-refractivity contribution in [3.63, 3.8) is 0 Å². The summed E-state index contributed by atoms with van der Waals surface area (Å²) in [5.74, 6) is -5.95. The molecule has 6 N–H and O–H groups in total. The van der Waals surface area contributed by atoms with Crippen LogP contribution in [0.4, 0.5) is 0 Å². The van der Waals surface area contributed by atoms with Crippen LogP contribution in [0.15, 0.2) is 17.7 Å². The third kappa shape index (κ3) is 3.75. The zero-order valence-corrected chi connectivity index (χ0v) is 20.6. The van der Waals surface area contributed by atoms with Crippen LogP contribution in [-0.2, 0) is 29.4 Å². The molecule has 0 saturated carbocycles. The van der Waals surface area contributed by atoms with E-state index in [4.69, 9.17) is 19.3 Å². The maximum Gasteiger partial charge on any atom is 0.307 e. The summed E-state index contributed by atoms with van der Waals surface area (Å²) < 4.78 is 17.7. The second-order valence-electron chi connectivity index (χ2n) is 10.0. The average Bonchev–Trinajstić information content (AvgIpc) is 2.85. The van der Waals surface area contributed by atoms with Crippen molar-refractivity contribution in [2.75, 3.05) is 0 Å². The lowest BCUT2D eigenvalue weighted by atomic mass is 9.67. The first-order valence-electron chi connectivity index (χ1n) is 12.3. The summed E-state index contributed by atoms with van der Waals surface area (Å²) in [5, 5.41) is 64.1. The van der Waals surface area contributed by atoms with Crippen molar-refractivity contribution >= 4 is 23.3 Å². The predicted octanol–water partition coefficient (Wildman–Crippen LogP) is 1.49. The Labute approximate surface area is 216 Å². The third-order valence-corrected chi connectivity index (χ3v) is 7.78. The molecule has 5 aliphatic rings. The highest BCUT2D eigenvalue weighted by molar-refractivity contribution is 6.53. The van der Waals surface area contributed by atoms with Crippen LogP contribution in [0.3, 0.4) is 0 Å². The number of benzene rings is 1. The normalized spacial score (nSPS) is 34.5. The number of aliphatic hydroxyl groups is 3. The number of phenolic OH excluding ortho intramolecular Hbond substituents is 2. The quantitative estimate of drug-likeness (QED) is 0.236. The molecule has 6 rings (SSSR count). The first kappa shape index (κ1) is 26.3. The highest BCUT2D eigenvalue weighted by Gasteiger charge is 2.61. The Morgan fingerprint density at radius 3 is 2.45 bits per heavy atom. The fourth-order valence-corrected chi connectivity index (χ4v) is 5.80. The first-order chi connectivity index (χ1) is 17.9. The molecular formula is C26H28O12. The lowest BCUT2D eigenvalue weighted by Crippen LogP contribution is -2.60. The number of ether oxygens (including phenoxy) is 3. The van der Waals surface area contributed by atoms with Crippen LogP contribution in [-0.4, -0.2) is 78.9 Å². The maximum atomic E-state index is 13.1. The van der Waals surface area contributed by atoms with Crippen LogP contribution < -0.4 is 0 Å². The van der Waals surface area contributed by atoms with Gasteiger partial charge in [0.2, 0.25) is 11.6 Å². The van der Waals surface area contributed by atoms with E-state index in [0.717, 1.165) is 12.2 Å². The van der Waals surface area contributed by atoms with Gasteiger partial charge < -0.3 is 44.8 Å².